The van der Waals surface area contributed by atoms with Crippen LogP contribution >= 0.6 is 11.3 Å². The minimum atomic E-state index is -0.220. The van der Waals surface area contributed by atoms with E-state index < -0.39 is 0 Å². The fourth-order valence-corrected chi connectivity index (χ4v) is 5.27. The number of rotatable bonds is 7. The van der Waals surface area contributed by atoms with E-state index in [-0.39, 0.29) is 5.91 Å². The number of carbonyl (C=O) groups excluding carboxylic acids is 1. The van der Waals surface area contributed by atoms with E-state index in [0.717, 1.165) is 54.3 Å². The highest BCUT2D eigenvalue weighted by atomic mass is 32.1. The first-order chi connectivity index (χ1) is 17.2. The Hall–Kier alpha value is -3.59. The largest absolute Gasteiger partial charge is 0.321 e. The average molecular weight is 485 g/mol. The summed E-state index contributed by atoms with van der Waals surface area (Å²) < 4.78 is 2.16. The van der Waals surface area contributed by atoms with E-state index in [1.165, 1.54) is 5.69 Å². The second-order valence-electron chi connectivity index (χ2n) is 8.39. The molecule has 0 radical (unpaired) electrons. The number of thiazole rings is 1. The first-order valence-corrected chi connectivity index (χ1v) is 12.6. The van der Waals surface area contributed by atoms with Gasteiger partial charge in [-0.15, -0.1) is 11.3 Å². The molecule has 1 aliphatic heterocycles. The molecule has 1 aromatic carbocycles. The van der Waals surface area contributed by atoms with E-state index in [1.54, 1.807) is 35.8 Å². The number of amides is 1. The van der Waals surface area contributed by atoms with Crippen molar-refractivity contribution in [3.8, 4) is 0 Å². The minimum Gasteiger partial charge on any atom is -0.321 e. The van der Waals surface area contributed by atoms with Crippen molar-refractivity contribution in [2.75, 3.05) is 26.2 Å². The number of hydrogen-bond acceptors (Lipinski definition) is 6. The zero-order valence-corrected chi connectivity index (χ0v) is 20.5. The molecule has 2 N–H and O–H groups in total. The van der Waals surface area contributed by atoms with Gasteiger partial charge in [-0.05, 0) is 25.1 Å². The molecule has 35 heavy (non-hydrogen) atoms. The lowest BCUT2D eigenvalue weighted by Crippen LogP contribution is -2.43. The average Bonchev–Trinajstić information content (AvgIpc) is 3.46. The van der Waals surface area contributed by atoms with E-state index in [2.05, 4.69) is 43.1 Å². The molecule has 0 saturated carbocycles. The van der Waals surface area contributed by atoms with Crippen LogP contribution in [0.15, 0.2) is 78.6 Å². The number of hydrogen-bond donors (Lipinski definition) is 2. The lowest BCUT2D eigenvalue weighted by Gasteiger charge is -2.26. The van der Waals surface area contributed by atoms with Crippen molar-refractivity contribution in [3.05, 3.63) is 95.6 Å². The Morgan fingerprint density at radius 3 is 2.89 bits per heavy atom. The third-order valence-corrected chi connectivity index (χ3v) is 7.03. The number of carbonyl (C=O) groups is 1. The normalized spacial score (nSPS) is 15.6. The maximum absolute atomic E-state index is 13.3. The Morgan fingerprint density at radius 2 is 2.09 bits per heavy atom. The number of piperazine rings is 1. The van der Waals surface area contributed by atoms with Crippen LogP contribution in [-0.2, 0) is 6.54 Å². The van der Waals surface area contributed by atoms with Crippen LogP contribution < -0.4 is 10.6 Å². The highest BCUT2D eigenvalue weighted by molar-refractivity contribution is 7.15. The summed E-state index contributed by atoms with van der Waals surface area (Å²) in [5.74, 6) is -0.220. The highest BCUT2D eigenvalue weighted by Gasteiger charge is 2.19. The number of fused-ring (bicyclic) bond motifs is 2. The van der Waals surface area contributed by atoms with E-state index in [9.17, 15) is 4.79 Å². The molecule has 3 aromatic heterocycles. The number of imidazole rings is 1. The van der Waals surface area contributed by atoms with Crippen LogP contribution in [0.25, 0.3) is 21.4 Å². The van der Waals surface area contributed by atoms with Crippen LogP contribution in [0, 0.1) is 0 Å². The second-order valence-corrected chi connectivity index (χ2v) is 9.22. The molecule has 0 aliphatic carbocycles. The van der Waals surface area contributed by atoms with Gasteiger partial charge in [-0.2, -0.15) is 0 Å². The molecule has 0 bridgehead atoms. The maximum atomic E-state index is 13.3. The quantitative estimate of drug-likeness (QED) is 0.384. The van der Waals surface area contributed by atoms with Crippen molar-refractivity contribution < 1.29 is 4.79 Å². The summed E-state index contributed by atoms with van der Waals surface area (Å²) in [6, 6.07) is 9.43. The second kappa shape index (κ2) is 10.4. The van der Waals surface area contributed by atoms with E-state index in [4.69, 9.17) is 4.98 Å². The summed E-state index contributed by atoms with van der Waals surface area (Å²) in [4.78, 5) is 26.0. The lowest BCUT2D eigenvalue weighted by atomic mass is 10.1. The van der Waals surface area contributed by atoms with Gasteiger partial charge in [0.05, 0.1) is 22.5 Å². The molecule has 4 aromatic rings. The van der Waals surface area contributed by atoms with Gasteiger partial charge < -0.3 is 10.6 Å². The van der Waals surface area contributed by atoms with Crippen molar-refractivity contribution in [1.29, 1.82) is 0 Å². The van der Waals surface area contributed by atoms with Crippen molar-refractivity contribution >= 4 is 38.7 Å². The fraction of sp³-hybridized carbons (Fsp3) is 0.222. The Morgan fingerprint density at radius 1 is 1.26 bits per heavy atom. The molecule has 1 saturated heterocycles. The minimum absolute atomic E-state index is 0.220. The summed E-state index contributed by atoms with van der Waals surface area (Å²) in [5, 5.41) is 9.58. The predicted octanol–water partition coefficient (Wildman–Crippen LogP) is 4.25. The topological polar surface area (TPSA) is 74.6 Å². The van der Waals surface area contributed by atoms with Crippen molar-refractivity contribution in [1.82, 2.24) is 29.9 Å². The van der Waals surface area contributed by atoms with Crippen LogP contribution in [0.2, 0.25) is 0 Å². The van der Waals surface area contributed by atoms with Gasteiger partial charge in [0.1, 0.15) is 0 Å². The van der Waals surface area contributed by atoms with Crippen LogP contribution in [0.3, 0.4) is 0 Å². The molecular formula is C27H28N6OS. The SMILES string of the molecule is C=C/C=C(NC(=O)c1cccc2cccnc12)\C(=C/C)c1cn2c(CN3CCNCC3)csc2n1. The maximum Gasteiger partial charge on any atom is 0.257 e. The molecule has 0 atom stereocenters. The summed E-state index contributed by atoms with van der Waals surface area (Å²) >= 11 is 1.64. The Kier molecular flexibility index (Phi) is 6.85. The molecule has 1 amide bonds. The Bertz CT molecular complexity index is 1440. The molecule has 1 fully saturated rings. The lowest BCUT2D eigenvalue weighted by molar-refractivity contribution is 0.0969. The highest BCUT2D eigenvalue weighted by Crippen LogP contribution is 2.26. The monoisotopic (exact) mass is 484 g/mol. The third-order valence-electron chi connectivity index (χ3n) is 6.14. The first kappa shape index (κ1) is 23.2. The van der Waals surface area contributed by atoms with Gasteiger partial charge in [0, 0.05) is 67.2 Å². The number of allylic oxidation sites excluding steroid dienone is 4. The molecule has 8 heteroatoms. The standard InChI is InChI=1S/C27H28N6OS/c1-3-7-23(30-26(34)22-10-5-8-19-9-6-11-29-25(19)22)21(4-2)24-17-33-20(18-35-27(33)31-24)16-32-14-12-28-13-15-32/h3-11,17-18,28H,1,12-16H2,2H3,(H,30,34)/b21-4+,23-7+. The fourth-order valence-electron chi connectivity index (χ4n) is 4.41. The number of aromatic nitrogens is 3. The molecule has 0 spiro atoms. The summed E-state index contributed by atoms with van der Waals surface area (Å²) in [5.41, 5.74) is 4.72. The third kappa shape index (κ3) is 4.81. The van der Waals surface area contributed by atoms with Gasteiger partial charge in [0.25, 0.3) is 5.91 Å². The molecule has 1 aliphatic rings. The molecule has 0 unspecified atom stereocenters. The predicted molar refractivity (Wildman–Crippen MR) is 142 cm³/mol. The first-order valence-electron chi connectivity index (χ1n) is 11.7. The zero-order chi connectivity index (χ0) is 24.2. The zero-order valence-electron chi connectivity index (χ0n) is 19.7. The van der Waals surface area contributed by atoms with Crippen LogP contribution in [0.5, 0.6) is 0 Å². The number of pyridine rings is 1. The number of para-hydroxylation sites is 1. The molecule has 5 rings (SSSR count). The van der Waals surface area contributed by atoms with Crippen LogP contribution in [-0.4, -0.2) is 51.4 Å². The Balaban J connectivity index is 1.42. The number of benzene rings is 1. The van der Waals surface area contributed by atoms with Gasteiger partial charge in [-0.3, -0.25) is 19.1 Å². The van der Waals surface area contributed by atoms with Gasteiger partial charge in [0.2, 0.25) is 0 Å². The molecular weight excluding hydrogens is 456 g/mol. The van der Waals surface area contributed by atoms with Crippen molar-refractivity contribution in [3.63, 3.8) is 0 Å². The summed E-state index contributed by atoms with van der Waals surface area (Å²) in [7, 11) is 0. The summed E-state index contributed by atoms with van der Waals surface area (Å²) in [6.07, 6.45) is 9.21. The molecule has 7 nitrogen and oxygen atoms in total. The van der Waals surface area contributed by atoms with Crippen molar-refractivity contribution in [2.24, 2.45) is 0 Å². The number of nitrogens with zero attached hydrogens (tertiary/aromatic N) is 4. The van der Waals surface area contributed by atoms with Crippen LogP contribution in [0.1, 0.15) is 28.7 Å². The summed E-state index contributed by atoms with van der Waals surface area (Å²) in [6.45, 7) is 10.8. The van der Waals surface area contributed by atoms with Gasteiger partial charge in [-0.25, -0.2) is 4.98 Å². The molecule has 178 valence electrons. The van der Waals surface area contributed by atoms with Gasteiger partial charge >= 0.3 is 0 Å². The van der Waals surface area contributed by atoms with Gasteiger partial charge in [-0.1, -0.05) is 36.9 Å². The number of nitrogens with one attached hydrogen (secondary N) is 2. The Labute approximate surface area is 208 Å². The smallest absolute Gasteiger partial charge is 0.257 e. The van der Waals surface area contributed by atoms with Crippen molar-refractivity contribution in [2.45, 2.75) is 13.5 Å². The van der Waals surface area contributed by atoms with Crippen LogP contribution in [0.4, 0.5) is 0 Å². The molecule has 4 heterocycles. The van der Waals surface area contributed by atoms with E-state index in [1.807, 2.05) is 37.3 Å². The van der Waals surface area contributed by atoms with Gasteiger partial charge in [0.15, 0.2) is 4.96 Å². The van der Waals surface area contributed by atoms with E-state index in [0.29, 0.717) is 16.8 Å². The van der Waals surface area contributed by atoms with E-state index >= 15 is 0 Å².